The van der Waals surface area contributed by atoms with Gasteiger partial charge in [0, 0.05) is 12.7 Å². The van der Waals surface area contributed by atoms with E-state index in [1.54, 1.807) is 12.1 Å². The molecule has 1 aromatic heterocycles. The van der Waals surface area contributed by atoms with Crippen molar-refractivity contribution in [2.45, 2.75) is 6.54 Å². The van der Waals surface area contributed by atoms with Crippen LogP contribution in [-0.2, 0) is 6.54 Å². The van der Waals surface area contributed by atoms with Crippen molar-refractivity contribution < 1.29 is 64.3 Å². The van der Waals surface area contributed by atoms with Crippen LogP contribution in [0, 0.1) is 0 Å². The van der Waals surface area contributed by atoms with Crippen molar-refractivity contribution >= 4 is 13.1 Å². The monoisotopic (exact) mass is 240 g/mol. The van der Waals surface area contributed by atoms with E-state index in [1.807, 2.05) is 0 Å². The molecule has 1 rings (SSSR count). The van der Waals surface area contributed by atoms with E-state index in [-0.39, 0.29) is 63.9 Å². The van der Waals surface area contributed by atoms with Crippen LogP contribution in [-0.4, -0.2) is 12.0 Å². The zero-order valence-electron chi connectivity index (χ0n) is 8.33. The predicted molar refractivity (Wildman–Crippen MR) is 50.2 cm³/mol. The normalized spacial score (nSPS) is 11.5. The van der Waals surface area contributed by atoms with Crippen LogP contribution in [0.5, 0.6) is 0 Å². The molecule has 0 saturated heterocycles. The fraction of sp³-hybridized carbons (Fsp3) is 0.125. The SMILES string of the molecule is NCc1ccc(/C=C/[B-](F)(F)F)cn1.[K+]. The molecule has 0 aromatic carbocycles. The van der Waals surface area contributed by atoms with Crippen LogP contribution < -0.4 is 57.1 Å². The Morgan fingerprint density at radius 3 is 2.40 bits per heavy atom. The number of nitrogens with zero attached hydrogens (tertiary/aromatic N) is 1. The van der Waals surface area contributed by atoms with Crippen molar-refractivity contribution in [1.82, 2.24) is 4.98 Å². The molecule has 0 aliphatic heterocycles. The third-order valence-electron chi connectivity index (χ3n) is 1.56. The third-order valence-corrected chi connectivity index (χ3v) is 1.56. The second kappa shape index (κ2) is 6.82. The van der Waals surface area contributed by atoms with Gasteiger partial charge in [-0.3, -0.25) is 4.98 Å². The molecule has 1 aromatic rings. The molecular weight excluding hydrogens is 231 g/mol. The summed E-state index contributed by atoms with van der Waals surface area (Å²) in [5.74, 6) is 0.235. The van der Waals surface area contributed by atoms with E-state index in [0.29, 0.717) is 11.3 Å². The van der Waals surface area contributed by atoms with Crippen molar-refractivity contribution in [3.63, 3.8) is 0 Å². The maximum absolute atomic E-state index is 11.8. The molecule has 15 heavy (non-hydrogen) atoms. The Bertz CT molecular complexity index is 324. The minimum absolute atomic E-state index is 0. The van der Waals surface area contributed by atoms with E-state index < -0.39 is 6.98 Å². The van der Waals surface area contributed by atoms with Gasteiger partial charge in [0.05, 0.1) is 5.69 Å². The Morgan fingerprint density at radius 2 is 2.00 bits per heavy atom. The van der Waals surface area contributed by atoms with Crippen LogP contribution in [0.1, 0.15) is 11.3 Å². The molecule has 0 aliphatic rings. The summed E-state index contributed by atoms with van der Waals surface area (Å²) < 4.78 is 35.5. The Labute approximate surface area is 129 Å². The van der Waals surface area contributed by atoms with Crippen molar-refractivity contribution in [2.24, 2.45) is 5.73 Å². The van der Waals surface area contributed by atoms with Gasteiger partial charge in [-0.15, -0.1) is 5.98 Å². The molecule has 0 radical (unpaired) electrons. The smallest absolute Gasteiger partial charge is 0.445 e. The van der Waals surface area contributed by atoms with Crippen molar-refractivity contribution in [3.8, 4) is 0 Å². The summed E-state index contributed by atoms with van der Waals surface area (Å²) in [5.41, 5.74) is 6.36. The molecule has 0 fully saturated rings. The number of rotatable bonds is 3. The second-order valence-electron chi connectivity index (χ2n) is 2.77. The molecule has 1 heterocycles. The van der Waals surface area contributed by atoms with Gasteiger partial charge in [-0.1, -0.05) is 12.1 Å². The average molecular weight is 240 g/mol. The van der Waals surface area contributed by atoms with Crippen LogP contribution >= 0.6 is 0 Å². The number of nitrogens with two attached hydrogens (primary N) is 1. The summed E-state index contributed by atoms with van der Waals surface area (Å²) in [6.45, 7) is -4.59. The molecule has 0 unspecified atom stereocenters. The van der Waals surface area contributed by atoms with E-state index in [9.17, 15) is 12.9 Å². The van der Waals surface area contributed by atoms with E-state index in [0.717, 1.165) is 6.08 Å². The second-order valence-corrected chi connectivity index (χ2v) is 2.77. The zero-order chi connectivity index (χ0) is 10.6. The van der Waals surface area contributed by atoms with Crippen LogP contribution in [0.15, 0.2) is 24.3 Å². The van der Waals surface area contributed by atoms with Crippen molar-refractivity contribution in [2.75, 3.05) is 0 Å². The van der Waals surface area contributed by atoms with Gasteiger partial charge < -0.3 is 18.7 Å². The molecule has 2 N–H and O–H groups in total. The van der Waals surface area contributed by atoms with Gasteiger partial charge in [-0.2, -0.15) is 0 Å². The molecule has 2 nitrogen and oxygen atoms in total. The average Bonchev–Trinajstić information content (AvgIpc) is 2.14. The van der Waals surface area contributed by atoms with Gasteiger partial charge in [0.15, 0.2) is 0 Å². The molecule has 76 valence electrons. The first kappa shape index (κ1) is 15.3. The summed E-state index contributed by atoms with van der Waals surface area (Å²) in [6, 6.07) is 3.15. The summed E-state index contributed by atoms with van der Waals surface area (Å²) in [7, 11) is 0. The van der Waals surface area contributed by atoms with Crippen molar-refractivity contribution in [3.05, 3.63) is 35.6 Å². The molecule has 0 atom stereocenters. The standard InChI is InChI=1S/C8H9BF3N2.K/c10-9(11,12)4-3-7-1-2-8(5-13)14-6-7;/h1-4,6H,5,13H2;/q-1;+1/b4-3+;. The zero-order valence-corrected chi connectivity index (χ0v) is 11.5. The Morgan fingerprint density at radius 1 is 1.33 bits per heavy atom. The molecular formula is C8H9BF3KN2. The fourth-order valence-corrected chi connectivity index (χ4v) is 0.875. The fourth-order valence-electron chi connectivity index (χ4n) is 0.875. The van der Waals surface area contributed by atoms with Gasteiger partial charge in [0.1, 0.15) is 0 Å². The van der Waals surface area contributed by atoms with Gasteiger partial charge in [-0.05, 0) is 11.6 Å². The first-order valence-electron chi connectivity index (χ1n) is 4.05. The van der Waals surface area contributed by atoms with E-state index in [1.165, 1.54) is 6.20 Å². The molecule has 0 amide bonds. The first-order valence-corrected chi connectivity index (χ1v) is 4.05. The maximum atomic E-state index is 11.8. The summed E-state index contributed by atoms with van der Waals surface area (Å²) in [6.07, 6.45) is 2.35. The van der Waals surface area contributed by atoms with Gasteiger partial charge in [-0.25, -0.2) is 0 Å². The number of pyridine rings is 1. The minimum atomic E-state index is -4.87. The molecule has 0 aliphatic carbocycles. The topological polar surface area (TPSA) is 38.9 Å². The number of halogens is 3. The van der Waals surface area contributed by atoms with Gasteiger partial charge >= 0.3 is 58.4 Å². The number of aromatic nitrogens is 1. The first-order chi connectivity index (χ1) is 6.51. The molecule has 0 saturated carbocycles. The third kappa shape index (κ3) is 6.49. The quantitative estimate of drug-likeness (QED) is 0.684. The predicted octanol–water partition coefficient (Wildman–Crippen LogP) is -1.06. The number of hydrogen-bond acceptors (Lipinski definition) is 2. The van der Waals surface area contributed by atoms with E-state index in [4.69, 9.17) is 5.73 Å². The van der Waals surface area contributed by atoms with Crippen LogP contribution in [0.2, 0.25) is 0 Å². The van der Waals surface area contributed by atoms with Crippen LogP contribution in [0.4, 0.5) is 12.9 Å². The molecule has 7 heteroatoms. The Balaban J connectivity index is 0.00000196. The largest absolute Gasteiger partial charge is 1.00 e. The maximum Gasteiger partial charge on any atom is 1.00 e. The van der Waals surface area contributed by atoms with Gasteiger partial charge in [0.25, 0.3) is 0 Å². The van der Waals surface area contributed by atoms with Gasteiger partial charge in [0.2, 0.25) is 0 Å². The van der Waals surface area contributed by atoms with Crippen molar-refractivity contribution in [1.29, 1.82) is 0 Å². The Kier molecular flexibility index (Phi) is 6.98. The summed E-state index contributed by atoms with van der Waals surface area (Å²) >= 11 is 0. The summed E-state index contributed by atoms with van der Waals surface area (Å²) in [5, 5.41) is 0. The molecule has 0 bridgehead atoms. The van der Waals surface area contributed by atoms with Crippen LogP contribution in [0.25, 0.3) is 6.08 Å². The summed E-state index contributed by atoms with van der Waals surface area (Å²) in [4.78, 5) is 3.86. The van der Waals surface area contributed by atoms with E-state index >= 15 is 0 Å². The Hall–Kier alpha value is 0.341. The minimum Gasteiger partial charge on any atom is -0.445 e. The van der Waals surface area contributed by atoms with E-state index in [2.05, 4.69) is 4.98 Å². The molecule has 0 spiro atoms. The number of hydrogen-bond donors (Lipinski definition) is 1. The van der Waals surface area contributed by atoms with Crippen LogP contribution in [0.3, 0.4) is 0 Å².